The molecule has 0 N–H and O–H groups in total. The number of Topliss-reactive ketones (excluding diaryl/α,β-unsaturated/α-hetero) is 2. The molecule has 1 aliphatic heterocycles. The first-order valence-corrected chi connectivity index (χ1v) is 14.1. The summed E-state index contributed by atoms with van der Waals surface area (Å²) in [6.07, 6.45) is 7.92. The van der Waals surface area contributed by atoms with Crippen molar-refractivity contribution < 1.29 is 22.9 Å². The Labute approximate surface area is 228 Å². The smallest absolute Gasteiger partial charge is 0.185 e. The van der Waals surface area contributed by atoms with Crippen molar-refractivity contribution in [3.63, 3.8) is 0 Å². The fourth-order valence-corrected chi connectivity index (χ4v) is 6.45. The Bertz CT molecular complexity index is 1290. The highest BCUT2D eigenvalue weighted by Gasteiger charge is 2.48. The summed E-state index contributed by atoms with van der Waals surface area (Å²) in [5, 5.41) is 3.90. The van der Waals surface area contributed by atoms with Crippen molar-refractivity contribution in [1.29, 1.82) is 0 Å². The first-order chi connectivity index (χ1) is 18.9. The van der Waals surface area contributed by atoms with Crippen molar-refractivity contribution >= 4 is 11.6 Å². The fourth-order valence-electron chi connectivity index (χ4n) is 6.45. The minimum Gasteiger partial charge on any atom is -0.355 e. The average Bonchev–Trinajstić information content (AvgIpc) is 3.41. The van der Waals surface area contributed by atoms with E-state index < -0.39 is 17.0 Å². The molecule has 5 nitrogen and oxygen atoms in total. The lowest BCUT2D eigenvalue weighted by Gasteiger charge is -2.54. The van der Waals surface area contributed by atoms with Crippen LogP contribution in [0.3, 0.4) is 0 Å². The maximum atomic E-state index is 14.2. The summed E-state index contributed by atoms with van der Waals surface area (Å²) >= 11 is 0. The summed E-state index contributed by atoms with van der Waals surface area (Å²) in [5.74, 6) is -1.28. The third kappa shape index (κ3) is 6.35. The molecule has 0 bridgehead atoms. The van der Waals surface area contributed by atoms with E-state index in [-0.39, 0.29) is 40.9 Å². The fraction of sp³-hybridized carbons (Fsp3) is 0.469. The van der Waals surface area contributed by atoms with Gasteiger partial charge in [-0.3, -0.25) is 14.5 Å². The maximum Gasteiger partial charge on any atom is 0.185 e. The van der Waals surface area contributed by atoms with Crippen molar-refractivity contribution in [3.05, 3.63) is 77.5 Å². The van der Waals surface area contributed by atoms with Crippen LogP contribution in [0.4, 0.5) is 8.78 Å². The molecule has 0 radical (unpaired) electrons. The summed E-state index contributed by atoms with van der Waals surface area (Å²) in [4.78, 5) is 29.2. The number of nitrogens with zero attached hydrogens (tertiary/aromatic N) is 2. The number of carbonyl (C=O) groups is 2. The zero-order valence-electron chi connectivity index (χ0n) is 22.5. The molecule has 1 saturated heterocycles. The average molecular weight is 535 g/mol. The second-order valence-electron chi connectivity index (χ2n) is 11.4. The second-order valence-corrected chi connectivity index (χ2v) is 11.4. The lowest BCUT2D eigenvalue weighted by Crippen LogP contribution is -2.61. The van der Waals surface area contributed by atoms with E-state index >= 15 is 0 Å². The molecular weight excluding hydrogens is 498 g/mol. The third-order valence-electron chi connectivity index (χ3n) is 8.51. The largest absolute Gasteiger partial charge is 0.355 e. The zero-order chi connectivity index (χ0) is 27.4. The number of hydrogen-bond donors (Lipinski definition) is 0. The van der Waals surface area contributed by atoms with Crippen LogP contribution in [0.2, 0.25) is 0 Å². The molecule has 206 valence electrons. The van der Waals surface area contributed by atoms with E-state index in [1.54, 1.807) is 0 Å². The van der Waals surface area contributed by atoms with Crippen LogP contribution in [-0.2, 0) is 4.79 Å². The predicted octanol–water partition coefficient (Wildman–Crippen LogP) is 7.37. The van der Waals surface area contributed by atoms with E-state index in [0.29, 0.717) is 32.0 Å². The van der Waals surface area contributed by atoms with Crippen LogP contribution in [-0.4, -0.2) is 40.8 Å². The molecule has 7 heteroatoms. The predicted molar refractivity (Wildman–Crippen MR) is 145 cm³/mol. The minimum atomic E-state index is -0.779. The first-order valence-electron chi connectivity index (χ1n) is 14.1. The minimum absolute atomic E-state index is 0.0477. The Morgan fingerprint density at radius 3 is 2.46 bits per heavy atom. The number of ketones is 2. The Morgan fingerprint density at radius 2 is 1.77 bits per heavy atom. The molecule has 1 atom stereocenters. The molecule has 0 amide bonds. The highest BCUT2D eigenvalue weighted by atomic mass is 19.1. The van der Waals surface area contributed by atoms with Gasteiger partial charge in [-0.05, 0) is 42.9 Å². The molecule has 1 aliphatic carbocycles. The Morgan fingerprint density at radius 1 is 1.03 bits per heavy atom. The van der Waals surface area contributed by atoms with Crippen molar-refractivity contribution in [2.45, 2.75) is 76.7 Å². The molecular formula is C32H36F2N2O3. The van der Waals surface area contributed by atoms with Gasteiger partial charge in [0, 0.05) is 55.9 Å². The Kier molecular flexibility index (Phi) is 8.36. The van der Waals surface area contributed by atoms with Crippen LogP contribution >= 0.6 is 0 Å². The van der Waals surface area contributed by atoms with Crippen molar-refractivity contribution in [3.8, 4) is 11.3 Å². The van der Waals surface area contributed by atoms with Gasteiger partial charge in [-0.1, -0.05) is 61.7 Å². The van der Waals surface area contributed by atoms with Gasteiger partial charge >= 0.3 is 0 Å². The number of benzene rings is 2. The molecule has 2 aliphatic rings. The molecule has 1 aromatic heterocycles. The van der Waals surface area contributed by atoms with Crippen LogP contribution in [0.15, 0.2) is 59.1 Å². The van der Waals surface area contributed by atoms with E-state index in [9.17, 15) is 18.4 Å². The summed E-state index contributed by atoms with van der Waals surface area (Å²) in [7, 11) is 0. The van der Waals surface area contributed by atoms with Crippen molar-refractivity contribution in [1.82, 2.24) is 10.1 Å². The first kappa shape index (κ1) is 27.4. The number of likely N-dealkylation sites (tertiary alicyclic amines) is 1. The molecule has 0 unspecified atom stereocenters. The SMILES string of the molecule is CC[C@@H](CC(=O)CC1(CC(=O)c2cc(-c3ccc(F)cc3F)on2)CN(C2CCCCC2)C1)c1ccccc1. The molecule has 2 aromatic carbocycles. The van der Waals surface area contributed by atoms with Crippen LogP contribution in [0.25, 0.3) is 11.3 Å². The van der Waals surface area contributed by atoms with Gasteiger partial charge in [-0.2, -0.15) is 0 Å². The van der Waals surface area contributed by atoms with E-state index in [1.807, 2.05) is 18.2 Å². The Hall–Kier alpha value is -3.19. The lowest BCUT2D eigenvalue weighted by molar-refractivity contribution is -0.127. The van der Waals surface area contributed by atoms with Crippen LogP contribution in [0.1, 0.15) is 86.7 Å². The van der Waals surface area contributed by atoms with Gasteiger partial charge in [0.15, 0.2) is 11.5 Å². The molecule has 5 rings (SSSR count). The third-order valence-corrected chi connectivity index (χ3v) is 8.51. The van der Waals surface area contributed by atoms with Crippen molar-refractivity contribution in [2.24, 2.45) is 5.41 Å². The van der Waals surface area contributed by atoms with E-state index in [4.69, 9.17) is 4.52 Å². The van der Waals surface area contributed by atoms with E-state index in [1.165, 1.54) is 49.8 Å². The van der Waals surface area contributed by atoms with Gasteiger partial charge in [0.2, 0.25) is 0 Å². The highest BCUT2D eigenvalue weighted by molar-refractivity contribution is 5.96. The Balaban J connectivity index is 1.30. The van der Waals surface area contributed by atoms with Crippen molar-refractivity contribution in [2.75, 3.05) is 13.1 Å². The van der Waals surface area contributed by atoms with E-state index in [2.05, 4.69) is 29.1 Å². The summed E-state index contributed by atoms with van der Waals surface area (Å²) < 4.78 is 32.8. The lowest BCUT2D eigenvalue weighted by atomic mass is 9.69. The van der Waals surface area contributed by atoms with Gasteiger partial charge in [0.05, 0.1) is 5.56 Å². The van der Waals surface area contributed by atoms with Crippen LogP contribution in [0.5, 0.6) is 0 Å². The number of hydrogen-bond acceptors (Lipinski definition) is 5. The van der Waals surface area contributed by atoms with Gasteiger partial charge in [0.1, 0.15) is 23.1 Å². The normalized spacial score (nSPS) is 18.4. The maximum absolute atomic E-state index is 14.2. The molecule has 2 fully saturated rings. The van der Waals surface area contributed by atoms with Gasteiger partial charge < -0.3 is 4.52 Å². The van der Waals surface area contributed by atoms with Crippen LogP contribution < -0.4 is 0 Å². The summed E-state index contributed by atoms with van der Waals surface area (Å²) in [6, 6.07) is 15.2. The monoisotopic (exact) mass is 534 g/mol. The van der Waals surface area contributed by atoms with Gasteiger partial charge in [0.25, 0.3) is 0 Å². The quantitative estimate of drug-likeness (QED) is 0.240. The standard InChI is InChI=1S/C32H36F2N2O3/c1-2-22(23-9-5-3-6-10-23)15-26(37)18-32(20-36(21-32)25-11-7-4-8-12-25)19-30(38)29-17-31(39-35-29)27-14-13-24(33)16-28(27)34/h3,5-6,9-10,13-14,16-17,22,25H,2,4,7-8,11-12,15,18-21H2,1H3/t22-/m0/s1. The van der Waals surface area contributed by atoms with Gasteiger partial charge in [-0.25, -0.2) is 8.78 Å². The topological polar surface area (TPSA) is 63.4 Å². The molecule has 1 saturated carbocycles. The number of halogens is 2. The zero-order valence-corrected chi connectivity index (χ0v) is 22.5. The number of rotatable bonds is 11. The number of aromatic nitrogens is 1. The van der Waals surface area contributed by atoms with E-state index in [0.717, 1.165) is 18.6 Å². The number of carbonyl (C=O) groups excluding carboxylic acids is 2. The second kappa shape index (κ2) is 11.9. The highest BCUT2D eigenvalue weighted by Crippen LogP contribution is 2.43. The molecule has 2 heterocycles. The van der Waals surface area contributed by atoms with Gasteiger partial charge in [-0.15, -0.1) is 0 Å². The summed E-state index contributed by atoms with van der Waals surface area (Å²) in [6.45, 7) is 3.54. The molecule has 39 heavy (non-hydrogen) atoms. The molecule has 0 spiro atoms. The summed E-state index contributed by atoms with van der Waals surface area (Å²) in [5.41, 5.74) is 0.874. The van der Waals surface area contributed by atoms with Crippen LogP contribution in [0, 0.1) is 17.0 Å². The molecule has 3 aromatic rings.